The van der Waals surface area contributed by atoms with Gasteiger partial charge in [-0.2, -0.15) is 9.61 Å². The topological polar surface area (TPSA) is 85.5 Å². The molecule has 8 heteroatoms. The lowest BCUT2D eigenvalue weighted by atomic mass is 9.95. The van der Waals surface area contributed by atoms with E-state index >= 15 is 0 Å². The highest BCUT2D eigenvalue weighted by atomic mass is 16.5. The minimum Gasteiger partial charge on any atom is -0.497 e. The summed E-state index contributed by atoms with van der Waals surface area (Å²) in [4.78, 5) is 18.3. The van der Waals surface area contributed by atoms with Crippen molar-refractivity contribution < 1.29 is 9.53 Å². The fourth-order valence-corrected chi connectivity index (χ4v) is 4.54. The summed E-state index contributed by atoms with van der Waals surface area (Å²) in [6, 6.07) is 16.0. The van der Waals surface area contributed by atoms with Crippen LogP contribution in [-0.4, -0.2) is 44.4 Å². The summed E-state index contributed by atoms with van der Waals surface area (Å²) in [5.74, 6) is 2.31. The van der Waals surface area contributed by atoms with E-state index in [-0.39, 0.29) is 11.3 Å². The van der Waals surface area contributed by atoms with Gasteiger partial charge in [0.15, 0.2) is 5.82 Å². The maximum Gasteiger partial charge on any atom is 0.271 e. The molecule has 1 amide bonds. The van der Waals surface area contributed by atoms with Gasteiger partial charge >= 0.3 is 0 Å². The predicted molar refractivity (Wildman–Crippen MR) is 119 cm³/mol. The Labute approximate surface area is 184 Å². The van der Waals surface area contributed by atoms with E-state index in [0.717, 1.165) is 54.3 Å². The van der Waals surface area contributed by atoms with Crippen molar-refractivity contribution in [2.24, 2.45) is 0 Å². The molecular weight excluding hydrogens is 404 g/mol. The Kier molecular flexibility index (Phi) is 4.21. The molecule has 0 atom stereocenters. The summed E-state index contributed by atoms with van der Waals surface area (Å²) < 4.78 is 7.07. The Bertz CT molecular complexity index is 1310. The lowest BCUT2D eigenvalue weighted by Gasteiger charge is -2.16. The summed E-state index contributed by atoms with van der Waals surface area (Å²) in [6.07, 6.45) is 5.23. The first kappa shape index (κ1) is 18.9. The number of aromatic nitrogens is 5. The van der Waals surface area contributed by atoms with E-state index in [0.29, 0.717) is 12.2 Å². The third kappa shape index (κ3) is 2.94. The van der Waals surface area contributed by atoms with Gasteiger partial charge < -0.3 is 9.64 Å². The summed E-state index contributed by atoms with van der Waals surface area (Å²) in [5.41, 5.74) is 3.58. The molecule has 0 N–H and O–H groups in total. The second-order valence-electron chi connectivity index (χ2n) is 8.39. The standard InChI is InChI=1S/C24H22N6O2/c1-32-19-10-6-17(7-11-19)24(12-13-24)22-26-27-23-25-15-20(28-30(22)23)16-4-8-18(9-5-16)29-14-2-3-21(29)31/h4-11,15H,2-3,12-14H2,1H3. The highest BCUT2D eigenvalue weighted by Gasteiger charge is 2.50. The summed E-state index contributed by atoms with van der Waals surface area (Å²) in [6.45, 7) is 0.779. The summed E-state index contributed by atoms with van der Waals surface area (Å²) in [7, 11) is 1.67. The molecule has 1 aliphatic carbocycles. The van der Waals surface area contributed by atoms with Crippen LogP contribution in [0.4, 0.5) is 5.69 Å². The van der Waals surface area contributed by atoms with Crippen molar-refractivity contribution in [1.29, 1.82) is 0 Å². The molecule has 0 unspecified atom stereocenters. The normalized spacial score (nSPS) is 17.2. The molecule has 0 radical (unpaired) electrons. The third-order valence-corrected chi connectivity index (χ3v) is 6.50. The average Bonchev–Trinajstić information content (AvgIpc) is 3.34. The van der Waals surface area contributed by atoms with Gasteiger partial charge in [-0.25, -0.2) is 4.98 Å². The largest absolute Gasteiger partial charge is 0.497 e. The average molecular weight is 426 g/mol. The first-order valence-electron chi connectivity index (χ1n) is 10.8. The summed E-state index contributed by atoms with van der Waals surface area (Å²) >= 11 is 0. The number of hydrogen-bond acceptors (Lipinski definition) is 6. The van der Waals surface area contributed by atoms with Gasteiger partial charge in [0.05, 0.1) is 18.7 Å². The number of ether oxygens (including phenoxy) is 1. The third-order valence-electron chi connectivity index (χ3n) is 6.50. The molecule has 2 aliphatic rings. The Morgan fingerprint density at radius 1 is 1.00 bits per heavy atom. The first-order chi connectivity index (χ1) is 15.7. The van der Waals surface area contributed by atoms with Crippen molar-refractivity contribution in [1.82, 2.24) is 24.8 Å². The molecule has 3 heterocycles. The van der Waals surface area contributed by atoms with E-state index in [1.807, 2.05) is 41.3 Å². The molecule has 1 aliphatic heterocycles. The fourth-order valence-electron chi connectivity index (χ4n) is 4.54. The number of anilines is 1. The van der Waals surface area contributed by atoms with Crippen molar-refractivity contribution in [3.63, 3.8) is 0 Å². The van der Waals surface area contributed by atoms with Gasteiger partial charge in [-0.05, 0) is 49.1 Å². The first-order valence-corrected chi connectivity index (χ1v) is 10.8. The molecule has 0 bridgehead atoms. The molecule has 6 rings (SSSR count). The molecule has 2 fully saturated rings. The number of rotatable bonds is 5. The van der Waals surface area contributed by atoms with Crippen molar-refractivity contribution in [2.45, 2.75) is 31.1 Å². The zero-order valence-corrected chi connectivity index (χ0v) is 17.7. The Hall–Kier alpha value is -3.81. The second kappa shape index (κ2) is 7.12. The monoisotopic (exact) mass is 426 g/mol. The predicted octanol–water partition coefficient (Wildman–Crippen LogP) is 3.40. The summed E-state index contributed by atoms with van der Waals surface area (Å²) in [5, 5.41) is 13.6. The van der Waals surface area contributed by atoms with Gasteiger partial charge in [0, 0.05) is 24.2 Å². The Morgan fingerprint density at radius 2 is 1.78 bits per heavy atom. The Morgan fingerprint density at radius 3 is 2.44 bits per heavy atom. The highest BCUT2D eigenvalue weighted by molar-refractivity contribution is 5.95. The molecule has 4 aromatic rings. The maximum atomic E-state index is 12.0. The molecule has 2 aromatic carbocycles. The van der Waals surface area contributed by atoms with E-state index in [2.05, 4.69) is 27.3 Å². The number of carbonyl (C=O) groups excluding carboxylic acids is 1. The van der Waals surface area contributed by atoms with Crippen molar-refractivity contribution in [2.75, 3.05) is 18.6 Å². The van der Waals surface area contributed by atoms with Crippen molar-refractivity contribution in [3.05, 3.63) is 66.1 Å². The van der Waals surface area contributed by atoms with Crippen LogP contribution in [0, 0.1) is 0 Å². The smallest absolute Gasteiger partial charge is 0.271 e. The van der Waals surface area contributed by atoms with Gasteiger partial charge in [0.2, 0.25) is 5.91 Å². The van der Waals surface area contributed by atoms with Crippen molar-refractivity contribution in [3.8, 4) is 17.0 Å². The molecule has 1 saturated heterocycles. The number of carbonyl (C=O) groups is 1. The van der Waals surface area contributed by atoms with Gasteiger partial charge in [-0.1, -0.05) is 24.3 Å². The number of hydrogen-bond donors (Lipinski definition) is 0. The van der Waals surface area contributed by atoms with Crippen LogP contribution in [0.3, 0.4) is 0 Å². The van der Waals surface area contributed by atoms with E-state index in [1.54, 1.807) is 17.8 Å². The van der Waals surface area contributed by atoms with Crippen LogP contribution in [0.5, 0.6) is 5.75 Å². The number of fused-ring (bicyclic) bond motifs is 1. The maximum absolute atomic E-state index is 12.0. The molecule has 8 nitrogen and oxygen atoms in total. The second-order valence-corrected chi connectivity index (χ2v) is 8.39. The fraction of sp³-hybridized carbons (Fsp3) is 0.292. The lowest BCUT2D eigenvalue weighted by Crippen LogP contribution is -2.23. The SMILES string of the molecule is COc1ccc(C2(c3nnc4ncc(-c5ccc(N6CCCC6=O)cc5)nn34)CC2)cc1. The van der Waals surface area contributed by atoms with Crippen LogP contribution >= 0.6 is 0 Å². The Balaban J connectivity index is 1.36. The lowest BCUT2D eigenvalue weighted by molar-refractivity contribution is -0.117. The molecule has 1 saturated carbocycles. The molecule has 160 valence electrons. The zero-order chi connectivity index (χ0) is 21.7. The van der Waals surface area contributed by atoms with Crippen LogP contribution in [0.1, 0.15) is 37.1 Å². The molecule has 32 heavy (non-hydrogen) atoms. The van der Waals surface area contributed by atoms with Crippen LogP contribution in [0.25, 0.3) is 17.0 Å². The van der Waals surface area contributed by atoms with Crippen LogP contribution in [0.2, 0.25) is 0 Å². The van der Waals surface area contributed by atoms with E-state index in [9.17, 15) is 4.79 Å². The van der Waals surface area contributed by atoms with Gasteiger partial charge in [-0.3, -0.25) is 4.79 Å². The molecule has 0 spiro atoms. The number of methoxy groups -OCH3 is 1. The number of amides is 1. The van der Waals surface area contributed by atoms with Crippen LogP contribution < -0.4 is 9.64 Å². The van der Waals surface area contributed by atoms with Gasteiger partial charge in [-0.15, -0.1) is 10.2 Å². The van der Waals surface area contributed by atoms with Gasteiger partial charge in [0.25, 0.3) is 5.78 Å². The minimum absolute atomic E-state index is 0.182. The molecular formula is C24H22N6O2. The van der Waals surface area contributed by atoms with Crippen molar-refractivity contribution >= 4 is 17.4 Å². The van der Waals surface area contributed by atoms with Crippen LogP contribution in [-0.2, 0) is 10.2 Å². The zero-order valence-electron chi connectivity index (χ0n) is 17.7. The highest BCUT2D eigenvalue weighted by Crippen LogP contribution is 2.52. The van der Waals surface area contributed by atoms with E-state index in [1.165, 1.54) is 5.56 Å². The van der Waals surface area contributed by atoms with Crippen LogP contribution in [0.15, 0.2) is 54.7 Å². The number of benzene rings is 2. The minimum atomic E-state index is -0.195. The van der Waals surface area contributed by atoms with E-state index in [4.69, 9.17) is 9.84 Å². The van der Waals surface area contributed by atoms with E-state index < -0.39 is 0 Å². The van der Waals surface area contributed by atoms with Gasteiger partial charge in [0.1, 0.15) is 11.4 Å². The number of nitrogens with zero attached hydrogens (tertiary/aromatic N) is 6. The quantitative estimate of drug-likeness (QED) is 0.486. The molecule has 2 aromatic heterocycles.